The molecule has 0 atom stereocenters. The number of nitrogens with zero attached hydrogens (tertiary/aromatic N) is 4. The van der Waals surface area contributed by atoms with Crippen molar-refractivity contribution < 1.29 is 3.96 Å². The van der Waals surface area contributed by atoms with Crippen LogP contribution in [0.25, 0.3) is 0 Å². The molecular formula is C12H15N4S+. The van der Waals surface area contributed by atoms with E-state index in [1.165, 1.54) is 0 Å². The lowest BCUT2D eigenvalue weighted by molar-refractivity contribution is -0.600. The summed E-state index contributed by atoms with van der Waals surface area (Å²) in [5, 5.41) is 9.28. The van der Waals surface area contributed by atoms with Crippen LogP contribution in [0, 0.1) is 0 Å². The fourth-order valence-corrected chi connectivity index (χ4v) is 1.97. The highest BCUT2D eigenvalue weighted by Gasteiger charge is 2.01. The van der Waals surface area contributed by atoms with Gasteiger partial charge in [-0.3, -0.25) is 0 Å². The fourth-order valence-electron chi connectivity index (χ4n) is 1.35. The molecule has 17 heavy (non-hydrogen) atoms. The van der Waals surface area contributed by atoms with E-state index < -0.39 is 0 Å². The van der Waals surface area contributed by atoms with Crippen LogP contribution in [-0.2, 0) is 7.05 Å². The summed E-state index contributed by atoms with van der Waals surface area (Å²) < 4.78 is 1.99. The first kappa shape index (κ1) is 11.7. The van der Waals surface area contributed by atoms with E-state index in [2.05, 4.69) is 15.1 Å². The number of hydrogen-bond acceptors (Lipinski definition) is 4. The van der Waals surface area contributed by atoms with Crippen molar-refractivity contribution in [2.24, 2.45) is 17.3 Å². The minimum absolute atomic E-state index is 0.867. The lowest BCUT2D eigenvalue weighted by atomic mass is 10.3. The molecule has 0 bridgehead atoms. The Morgan fingerprint density at radius 3 is 2.29 bits per heavy atom. The van der Waals surface area contributed by atoms with Gasteiger partial charge in [-0.2, -0.15) is 0 Å². The summed E-state index contributed by atoms with van der Waals surface area (Å²) in [5.41, 5.74) is 2.03. The van der Waals surface area contributed by atoms with Gasteiger partial charge in [-0.1, -0.05) is 0 Å². The van der Waals surface area contributed by atoms with Crippen LogP contribution in [0.2, 0.25) is 0 Å². The number of azo groups is 1. The summed E-state index contributed by atoms with van der Waals surface area (Å²) >= 11 is 1.56. The zero-order valence-electron chi connectivity index (χ0n) is 10.2. The molecule has 0 unspecified atom stereocenters. The highest BCUT2D eigenvalue weighted by atomic mass is 32.1. The van der Waals surface area contributed by atoms with Crippen LogP contribution in [0.15, 0.2) is 46.8 Å². The van der Waals surface area contributed by atoms with Crippen LogP contribution in [0.1, 0.15) is 0 Å². The quantitative estimate of drug-likeness (QED) is 0.606. The second kappa shape index (κ2) is 5.05. The number of aromatic nitrogens is 1. The van der Waals surface area contributed by atoms with E-state index in [0.717, 1.165) is 16.4 Å². The maximum atomic E-state index is 4.19. The summed E-state index contributed by atoms with van der Waals surface area (Å²) in [6.07, 6.45) is 1.97. The molecule has 0 aliphatic carbocycles. The molecule has 0 spiro atoms. The van der Waals surface area contributed by atoms with E-state index in [1.807, 2.05) is 61.6 Å². The van der Waals surface area contributed by atoms with Crippen LogP contribution in [0.5, 0.6) is 0 Å². The first-order valence-corrected chi connectivity index (χ1v) is 6.07. The van der Waals surface area contributed by atoms with Crippen molar-refractivity contribution in [1.82, 2.24) is 0 Å². The van der Waals surface area contributed by atoms with Gasteiger partial charge >= 0.3 is 0 Å². The Balaban J connectivity index is 2.11. The van der Waals surface area contributed by atoms with Crippen LogP contribution in [0.4, 0.5) is 16.4 Å². The van der Waals surface area contributed by atoms with Gasteiger partial charge in [0.25, 0.3) is 0 Å². The smallest absolute Gasteiger partial charge is 0.208 e. The predicted octanol–water partition coefficient (Wildman–Crippen LogP) is 3.05. The number of hydrogen-bond donors (Lipinski definition) is 0. The molecule has 2 aromatic rings. The molecule has 0 fully saturated rings. The van der Waals surface area contributed by atoms with Gasteiger partial charge in [0.15, 0.2) is 24.8 Å². The first-order valence-electron chi connectivity index (χ1n) is 5.30. The summed E-state index contributed by atoms with van der Waals surface area (Å²) in [6, 6.07) is 9.94. The second-order valence-corrected chi connectivity index (χ2v) is 5.08. The van der Waals surface area contributed by atoms with Crippen molar-refractivity contribution in [2.45, 2.75) is 0 Å². The van der Waals surface area contributed by atoms with Gasteiger partial charge < -0.3 is 4.90 Å². The largest absolute Gasteiger partial charge is 0.378 e. The molecule has 1 heterocycles. The number of rotatable bonds is 3. The minimum Gasteiger partial charge on any atom is -0.378 e. The zero-order valence-corrected chi connectivity index (χ0v) is 11.0. The summed E-state index contributed by atoms with van der Waals surface area (Å²) in [5.74, 6) is 0. The molecule has 2 rings (SSSR count). The van der Waals surface area contributed by atoms with Gasteiger partial charge in [-0.05, 0) is 24.3 Å². The Kier molecular flexibility index (Phi) is 3.49. The minimum atomic E-state index is 0.867. The topological polar surface area (TPSA) is 31.8 Å². The van der Waals surface area contributed by atoms with Gasteiger partial charge in [0.1, 0.15) is 0 Å². The Bertz CT molecular complexity index is 514. The van der Waals surface area contributed by atoms with Crippen molar-refractivity contribution in [3.05, 3.63) is 36.5 Å². The summed E-state index contributed by atoms with van der Waals surface area (Å²) in [4.78, 5) is 2.06. The summed E-state index contributed by atoms with van der Waals surface area (Å²) in [6.45, 7) is 0. The predicted molar refractivity (Wildman–Crippen MR) is 70.4 cm³/mol. The molecule has 1 aromatic carbocycles. The lowest BCUT2D eigenvalue weighted by Gasteiger charge is -2.11. The average molecular weight is 247 g/mol. The Morgan fingerprint density at radius 2 is 1.76 bits per heavy atom. The van der Waals surface area contributed by atoms with Gasteiger partial charge in [0, 0.05) is 25.8 Å². The molecule has 1 aromatic heterocycles. The third-order valence-electron chi connectivity index (χ3n) is 2.29. The average Bonchev–Trinajstić information content (AvgIpc) is 2.73. The third-order valence-corrected chi connectivity index (χ3v) is 3.11. The Hall–Kier alpha value is -1.75. The SMILES string of the molecule is CN(C)c1ccc(N=Nc2cc[n+](C)s2)cc1. The van der Waals surface area contributed by atoms with E-state index >= 15 is 0 Å². The maximum absolute atomic E-state index is 4.19. The van der Waals surface area contributed by atoms with Crippen molar-refractivity contribution in [2.75, 3.05) is 19.0 Å². The summed E-state index contributed by atoms with van der Waals surface area (Å²) in [7, 11) is 6.01. The first-order chi connectivity index (χ1) is 8.15. The van der Waals surface area contributed by atoms with E-state index in [9.17, 15) is 0 Å². The molecule has 0 saturated heterocycles. The van der Waals surface area contributed by atoms with Crippen LogP contribution in [-0.4, -0.2) is 14.1 Å². The molecule has 0 saturated carbocycles. The Morgan fingerprint density at radius 1 is 1.06 bits per heavy atom. The maximum Gasteiger partial charge on any atom is 0.208 e. The van der Waals surface area contributed by atoms with Crippen molar-refractivity contribution in [1.29, 1.82) is 0 Å². The van der Waals surface area contributed by atoms with Crippen LogP contribution < -0.4 is 8.86 Å². The van der Waals surface area contributed by atoms with Crippen LogP contribution >= 0.6 is 11.5 Å². The van der Waals surface area contributed by atoms with E-state index in [4.69, 9.17) is 0 Å². The number of benzene rings is 1. The van der Waals surface area contributed by atoms with Crippen molar-refractivity contribution in [3.63, 3.8) is 0 Å². The molecule has 0 aliphatic rings. The molecule has 0 N–H and O–H groups in total. The second-order valence-electron chi connectivity index (χ2n) is 3.90. The van der Waals surface area contributed by atoms with Crippen molar-refractivity contribution >= 4 is 27.9 Å². The normalized spacial score (nSPS) is 11.0. The fraction of sp³-hybridized carbons (Fsp3) is 0.250. The number of aryl methyl sites for hydroxylation is 1. The van der Waals surface area contributed by atoms with Crippen molar-refractivity contribution in [3.8, 4) is 0 Å². The van der Waals surface area contributed by atoms with Crippen LogP contribution in [0.3, 0.4) is 0 Å². The van der Waals surface area contributed by atoms with Gasteiger partial charge in [-0.25, -0.2) is 0 Å². The third kappa shape index (κ3) is 3.10. The molecule has 0 radical (unpaired) electrons. The molecule has 4 nitrogen and oxygen atoms in total. The Labute approximate surface area is 105 Å². The van der Waals surface area contributed by atoms with E-state index in [0.29, 0.717) is 0 Å². The van der Waals surface area contributed by atoms with E-state index in [-0.39, 0.29) is 0 Å². The monoisotopic (exact) mass is 247 g/mol. The zero-order chi connectivity index (χ0) is 12.3. The van der Waals surface area contributed by atoms with E-state index in [1.54, 1.807) is 11.5 Å². The molecule has 0 amide bonds. The molecular weight excluding hydrogens is 232 g/mol. The standard InChI is InChI=1S/C12H15N4S/c1-15(2)11-6-4-10(5-7-11)13-14-12-8-9-16(3)17-12/h4-9H,1-3H3/q+1. The number of anilines is 1. The van der Waals surface area contributed by atoms with Gasteiger partial charge in [0.05, 0.1) is 5.69 Å². The highest BCUT2D eigenvalue weighted by Crippen LogP contribution is 2.22. The highest BCUT2D eigenvalue weighted by molar-refractivity contribution is 7.05. The van der Waals surface area contributed by atoms with Gasteiger partial charge in [-0.15, -0.1) is 14.2 Å². The molecule has 0 aliphatic heterocycles. The molecule has 5 heteroatoms. The molecule has 88 valence electrons. The lowest BCUT2D eigenvalue weighted by Crippen LogP contribution is -2.18. The van der Waals surface area contributed by atoms with Gasteiger partial charge in [0.2, 0.25) is 5.00 Å².